The molecule has 8 nitrogen and oxygen atoms in total. The van der Waals surface area contributed by atoms with Gasteiger partial charge in [0, 0.05) is 0 Å². The summed E-state index contributed by atoms with van der Waals surface area (Å²) in [4.78, 5) is 27.2. The molecule has 3 saturated carbocycles. The van der Waals surface area contributed by atoms with Crippen molar-refractivity contribution in [3.05, 3.63) is 23.8 Å². The molecule has 9 heteroatoms. The Morgan fingerprint density at radius 1 is 0.841 bits per heavy atom. The van der Waals surface area contributed by atoms with E-state index in [0.29, 0.717) is 41.6 Å². The maximum absolute atomic E-state index is 14.0. The van der Waals surface area contributed by atoms with Crippen molar-refractivity contribution in [3.63, 3.8) is 0 Å². The van der Waals surface area contributed by atoms with Gasteiger partial charge in [-0.15, -0.1) is 0 Å². The molecule has 0 saturated heterocycles. The molecule has 3 fully saturated rings. The van der Waals surface area contributed by atoms with Crippen LogP contribution in [0.4, 0.5) is 0 Å². The predicted octanol–water partition coefficient (Wildman–Crippen LogP) is 13.6. The minimum Gasteiger partial charge on any atom is -0.756 e. The molecule has 0 aromatic heterocycles. The average molecular weight is 904 g/mol. The van der Waals surface area contributed by atoms with Crippen molar-refractivity contribution in [2.24, 2.45) is 52.3 Å². The zero-order chi connectivity index (χ0) is 46.1. The zero-order valence-corrected chi connectivity index (χ0v) is 43.1. The van der Waals surface area contributed by atoms with Crippen molar-refractivity contribution < 1.29 is 37.6 Å². The first-order valence-electron chi connectivity index (χ1n) is 26.5. The first kappa shape index (κ1) is 54.6. The van der Waals surface area contributed by atoms with E-state index in [9.17, 15) is 19.4 Å². The van der Waals surface area contributed by atoms with Crippen molar-refractivity contribution in [2.75, 3.05) is 40.9 Å². The molecule has 366 valence electrons. The summed E-state index contributed by atoms with van der Waals surface area (Å²) in [6.07, 6.45) is 34.9. The van der Waals surface area contributed by atoms with Gasteiger partial charge in [0.25, 0.3) is 7.82 Å². The molecular weight excluding hydrogens is 806 g/mol. The highest BCUT2D eigenvalue weighted by molar-refractivity contribution is 7.45. The van der Waals surface area contributed by atoms with Gasteiger partial charge >= 0.3 is 5.97 Å². The Kier molecular flexibility index (Phi) is 23.0. The number of hydrogen-bond acceptors (Lipinski definition) is 7. The molecule has 7 unspecified atom stereocenters. The van der Waals surface area contributed by atoms with Crippen molar-refractivity contribution in [2.45, 2.75) is 221 Å². The third-order valence-electron chi connectivity index (χ3n) is 16.8. The molecule has 0 aromatic rings. The molecule has 0 amide bonds. The van der Waals surface area contributed by atoms with E-state index in [1.807, 2.05) is 21.1 Å². The molecule has 4 aliphatic carbocycles. The minimum atomic E-state index is -4.72. The fraction of sp³-hybridized carbons (Fsp3) is 0.907. The number of ether oxygens (including phenoxy) is 1. The quantitative estimate of drug-likeness (QED) is 0.0243. The number of nitrogens with zero attached hydrogens (tertiary/aromatic N) is 1. The predicted molar refractivity (Wildman–Crippen MR) is 259 cm³/mol. The van der Waals surface area contributed by atoms with Crippen LogP contribution in [0.5, 0.6) is 0 Å². The number of carbonyl (C=O) groups excluding carboxylic acids is 1. The topological polar surface area (TPSA) is 105 Å². The van der Waals surface area contributed by atoms with Gasteiger partial charge in [-0.05, 0) is 130 Å². The van der Waals surface area contributed by atoms with E-state index in [0.717, 1.165) is 74.5 Å². The number of phosphoric acid groups is 1. The fourth-order valence-corrected chi connectivity index (χ4v) is 13.8. The van der Waals surface area contributed by atoms with Gasteiger partial charge < -0.3 is 28.3 Å². The molecule has 0 spiro atoms. The van der Waals surface area contributed by atoms with Crippen LogP contribution in [0.2, 0.25) is 0 Å². The highest BCUT2D eigenvalue weighted by Gasteiger charge is 2.59. The van der Waals surface area contributed by atoms with E-state index in [-0.39, 0.29) is 23.9 Å². The Bertz CT molecular complexity index is 1440. The standard InChI is InChI=1S/C54H98NO7P/c1-10-11-12-13-14-15-16-17-18-19-20-21-22-23-24-25-29-50(62-63(58,59)60-39-38-55(7,8)9)51(41-56)61-52(57)44-34-36-53(5)45(40-44)30-31-46-48-33-32-47(43(4)28-26-27-42(2)3)54(48,6)37-35-49(46)53/h17-18,30,42-44,46-51,56H,10-16,19-29,31-41H2,1-9H3/b18-17-/t43-,44?,46?,47-,48?,49?,50?,51?,53+,54-/m1/s1. The summed E-state index contributed by atoms with van der Waals surface area (Å²) in [6.45, 7) is 14.6. The first-order valence-corrected chi connectivity index (χ1v) is 28.0. The SMILES string of the molecule is CCCCCCCC/C=C\CCCCCCCCC(OP(=O)([O-])OCC[N+](C)(C)C)C(CO)OC(=O)C1CC[C@@]2(C)C(=CCC3C2CC[C@@]2(C)C3CC[C@@H]2[C@H](C)CCCC(C)C)C1. The second kappa shape index (κ2) is 26.5. The number of unbranched alkanes of at least 4 members (excludes halogenated alkanes) is 12. The van der Waals surface area contributed by atoms with Crippen molar-refractivity contribution in [1.82, 2.24) is 0 Å². The third kappa shape index (κ3) is 16.9. The summed E-state index contributed by atoms with van der Waals surface area (Å²) in [7, 11) is 1.20. The van der Waals surface area contributed by atoms with E-state index >= 15 is 0 Å². The van der Waals surface area contributed by atoms with Crippen molar-refractivity contribution >= 4 is 13.8 Å². The number of carbonyl (C=O) groups is 1. The lowest BCUT2D eigenvalue weighted by Gasteiger charge is -2.58. The summed E-state index contributed by atoms with van der Waals surface area (Å²) in [6, 6.07) is 0. The van der Waals surface area contributed by atoms with Gasteiger partial charge in [-0.2, -0.15) is 0 Å². The number of aliphatic hydroxyl groups excluding tert-OH is 1. The number of hydrogen-bond donors (Lipinski definition) is 1. The van der Waals surface area contributed by atoms with Gasteiger partial charge in [0.05, 0.1) is 33.7 Å². The van der Waals surface area contributed by atoms with E-state index in [1.165, 1.54) is 108 Å². The van der Waals surface area contributed by atoms with Crippen LogP contribution < -0.4 is 4.89 Å². The second-order valence-corrected chi connectivity index (χ2v) is 24.4. The Morgan fingerprint density at radius 2 is 1.49 bits per heavy atom. The van der Waals surface area contributed by atoms with Crippen LogP contribution in [0.15, 0.2) is 23.8 Å². The Balaban J connectivity index is 1.29. The van der Waals surface area contributed by atoms with Gasteiger partial charge in [-0.1, -0.05) is 149 Å². The number of phosphoric ester groups is 1. The zero-order valence-electron chi connectivity index (χ0n) is 42.2. The normalized spacial score (nSPS) is 29.7. The van der Waals surface area contributed by atoms with Gasteiger partial charge in [0.15, 0.2) is 6.10 Å². The minimum absolute atomic E-state index is 0.00918. The van der Waals surface area contributed by atoms with Crippen LogP contribution in [0.25, 0.3) is 0 Å². The number of allylic oxidation sites excluding steroid dienone is 4. The Hall–Kier alpha value is -1.02. The van der Waals surface area contributed by atoms with Crippen molar-refractivity contribution in [3.8, 4) is 0 Å². The largest absolute Gasteiger partial charge is 0.756 e. The summed E-state index contributed by atoms with van der Waals surface area (Å²) >= 11 is 0. The van der Waals surface area contributed by atoms with Gasteiger partial charge in [-0.3, -0.25) is 9.36 Å². The highest BCUT2D eigenvalue weighted by atomic mass is 31.2. The van der Waals surface area contributed by atoms with Crippen LogP contribution in [0, 0.1) is 52.3 Å². The van der Waals surface area contributed by atoms with Crippen molar-refractivity contribution in [1.29, 1.82) is 0 Å². The number of rotatable bonds is 31. The Labute approximate surface area is 387 Å². The molecular formula is C54H98NO7P. The Morgan fingerprint density at radius 3 is 2.13 bits per heavy atom. The number of esters is 1. The van der Waals surface area contributed by atoms with Crippen LogP contribution in [0.1, 0.15) is 208 Å². The first-order chi connectivity index (χ1) is 29.9. The summed E-state index contributed by atoms with van der Waals surface area (Å²) in [5.41, 5.74) is 1.96. The molecule has 63 heavy (non-hydrogen) atoms. The lowest BCUT2D eigenvalue weighted by atomic mass is 9.46. The van der Waals surface area contributed by atoms with E-state index in [2.05, 4.69) is 59.8 Å². The maximum atomic E-state index is 14.0. The fourth-order valence-electron chi connectivity index (χ4n) is 12.9. The molecule has 11 atom stereocenters. The number of quaternary nitrogens is 1. The van der Waals surface area contributed by atoms with Crippen LogP contribution in [0.3, 0.4) is 0 Å². The maximum Gasteiger partial charge on any atom is 0.309 e. The number of aliphatic hydroxyl groups is 1. The lowest BCUT2D eigenvalue weighted by Crippen LogP contribution is -2.51. The monoisotopic (exact) mass is 904 g/mol. The van der Waals surface area contributed by atoms with Crippen LogP contribution in [-0.2, 0) is 23.1 Å². The third-order valence-corrected chi connectivity index (χ3v) is 17.8. The number of fused-ring (bicyclic) bond motifs is 5. The van der Waals surface area contributed by atoms with Gasteiger partial charge in [0.2, 0.25) is 0 Å². The molecule has 0 aromatic carbocycles. The second-order valence-electron chi connectivity index (χ2n) is 23.1. The molecule has 0 bridgehead atoms. The summed E-state index contributed by atoms with van der Waals surface area (Å²) in [5, 5.41) is 10.6. The van der Waals surface area contributed by atoms with Crippen LogP contribution in [-0.4, -0.2) is 68.7 Å². The molecule has 0 radical (unpaired) electrons. The molecule has 4 rings (SSSR count). The van der Waals surface area contributed by atoms with E-state index in [4.69, 9.17) is 13.8 Å². The molecule has 1 N–H and O–H groups in total. The molecule has 4 aliphatic rings. The smallest absolute Gasteiger partial charge is 0.309 e. The van der Waals surface area contributed by atoms with E-state index in [1.54, 1.807) is 0 Å². The summed E-state index contributed by atoms with van der Waals surface area (Å²) < 4.78 is 30.8. The molecule has 0 aliphatic heterocycles. The van der Waals surface area contributed by atoms with Gasteiger partial charge in [0.1, 0.15) is 19.3 Å². The van der Waals surface area contributed by atoms with E-state index < -0.39 is 26.6 Å². The van der Waals surface area contributed by atoms with Gasteiger partial charge in [-0.25, -0.2) is 0 Å². The average Bonchev–Trinajstić information content (AvgIpc) is 3.58. The summed E-state index contributed by atoms with van der Waals surface area (Å²) in [5.74, 6) is 3.92. The van der Waals surface area contributed by atoms with Crippen LogP contribution >= 0.6 is 7.82 Å². The lowest BCUT2D eigenvalue weighted by molar-refractivity contribution is -0.870. The molecule has 0 heterocycles. The number of likely N-dealkylation sites (N-methyl/N-ethyl adjacent to an activating group) is 1. The highest BCUT2D eigenvalue weighted by Crippen LogP contribution is 2.67.